The van der Waals surface area contributed by atoms with Crippen LogP contribution in [-0.2, 0) is 13.6 Å². The minimum atomic E-state index is -2.00. The van der Waals surface area contributed by atoms with Gasteiger partial charge in [0.2, 0.25) is 0 Å². The molecule has 0 aromatic carbocycles. The maximum Gasteiger partial charge on any atom is 0.193 e. The van der Waals surface area contributed by atoms with Gasteiger partial charge in [0.15, 0.2) is 22.5 Å². The van der Waals surface area contributed by atoms with Crippen molar-refractivity contribution < 1.29 is 18.7 Å². The first-order valence-corrected chi connectivity index (χ1v) is 26.2. The number of hydrogen-bond acceptors (Lipinski definition) is 5. The average molecular weight is 738 g/mol. The van der Waals surface area contributed by atoms with Crippen molar-refractivity contribution in [3.05, 3.63) is 47.6 Å². The van der Waals surface area contributed by atoms with E-state index in [1.165, 1.54) is 37.7 Å². The molecule has 51 heavy (non-hydrogen) atoms. The summed E-state index contributed by atoms with van der Waals surface area (Å²) >= 11 is 0. The Labute approximate surface area is 315 Å². The predicted octanol–water partition coefficient (Wildman–Crippen LogP) is 11.7. The van der Waals surface area contributed by atoms with E-state index in [4.69, 9.17) is 25.2 Å². The van der Waals surface area contributed by atoms with Crippen LogP contribution in [0.4, 0.5) is 0 Å². The molecule has 0 aromatic rings. The fourth-order valence-corrected chi connectivity index (χ4v) is 11.8. The molecular weight excluding hydrogens is 663 g/mol. The van der Waals surface area contributed by atoms with Gasteiger partial charge in [0.1, 0.15) is 6.61 Å². The first-order valence-electron chi connectivity index (χ1n) is 20.4. The van der Waals surface area contributed by atoms with Crippen molar-refractivity contribution in [1.29, 1.82) is 0 Å². The highest BCUT2D eigenvalue weighted by Crippen LogP contribution is 2.60. The fraction of sp³-hybridized carbons (Fsp3) is 0.795. The van der Waals surface area contributed by atoms with E-state index in [9.17, 15) is 5.11 Å². The minimum absolute atomic E-state index is 0.00287. The SMILES string of the molecule is C=C1C(=CC=C2CCC[C@]3(C)[C@@H]([C@H](C)C=C[C@H](O)C4(C5=NC(C)(C)CO5)CC4)CC[C@@H]23)C[C@@H](O[Si](C)(C)C(C)(C)C)C[C@@H]1O[Si](C)(C)C(C)(C)C. The molecule has 5 rings (SSSR count). The third kappa shape index (κ3) is 8.38. The fourth-order valence-electron chi connectivity index (χ4n) is 9.12. The molecule has 0 aromatic heterocycles. The number of allylic oxidation sites excluding steroid dienone is 4. The number of hydrogen-bond donors (Lipinski definition) is 1. The summed E-state index contributed by atoms with van der Waals surface area (Å²) in [5, 5.41) is 11.7. The lowest BCUT2D eigenvalue weighted by atomic mass is 9.61. The Morgan fingerprint density at radius 1 is 0.922 bits per heavy atom. The Kier molecular flexibility index (Phi) is 11.3. The lowest BCUT2D eigenvalue weighted by molar-refractivity contribution is 0.0969. The summed E-state index contributed by atoms with van der Waals surface area (Å²) in [6, 6.07) is 0. The zero-order valence-electron chi connectivity index (χ0n) is 35.2. The molecule has 4 saturated carbocycles. The van der Waals surface area contributed by atoms with E-state index in [1.807, 2.05) is 0 Å². The van der Waals surface area contributed by atoms with Crippen LogP contribution in [0, 0.1) is 28.6 Å². The molecule has 7 atom stereocenters. The molecule has 1 N–H and O–H groups in total. The van der Waals surface area contributed by atoms with Gasteiger partial charge in [0, 0.05) is 6.42 Å². The molecule has 1 aliphatic heterocycles. The number of aliphatic hydroxyl groups is 1. The van der Waals surface area contributed by atoms with Gasteiger partial charge in [-0.3, -0.25) is 0 Å². The highest BCUT2D eigenvalue weighted by Gasteiger charge is 2.56. The summed E-state index contributed by atoms with van der Waals surface area (Å²) in [5.74, 6) is 2.39. The molecule has 288 valence electrons. The number of aliphatic imine (C=N–C) groups is 1. The van der Waals surface area contributed by atoms with E-state index >= 15 is 0 Å². The molecule has 0 amide bonds. The summed E-state index contributed by atoms with van der Waals surface area (Å²) in [6.45, 7) is 38.0. The van der Waals surface area contributed by atoms with Gasteiger partial charge in [-0.2, -0.15) is 0 Å². The zero-order valence-corrected chi connectivity index (χ0v) is 37.2. The molecule has 0 radical (unpaired) electrons. The van der Waals surface area contributed by atoms with Crippen LogP contribution in [-0.4, -0.2) is 58.1 Å². The topological polar surface area (TPSA) is 60.3 Å². The Hall–Kier alpha value is -1.26. The smallest absolute Gasteiger partial charge is 0.193 e. The molecule has 5 aliphatic rings. The van der Waals surface area contributed by atoms with Gasteiger partial charge in [-0.25, -0.2) is 4.99 Å². The number of fused-ring (bicyclic) bond motifs is 1. The van der Waals surface area contributed by atoms with Crippen LogP contribution in [0.3, 0.4) is 0 Å². The average Bonchev–Trinajstić information content (AvgIpc) is 3.61. The molecule has 1 heterocycles. The lowest BCUT2D eigenvalue weighted by Crippen LogP contribution is -2.49. The van der Waals surface area contributed by atoms with Crippen LogP contribution in [0.1, 0.15) is 127 Å². The van der Waals surface area contributed by atoms with Crippen LogP contribution in [0.5, 0.6) is 0 Å². The van der Waals surface area contributed by atoms with Gasteiger partial charge < -0.3 is 18.7 Å². The number of ether oxygens (including phenoxy) is 1. The van der Waals surface area contributed by atoms with Gasteiger partial charge in [-0.05, 0) is 136 Å². The molecule has 0 bridgehead atoms. The van der Waals surface area contributed by atoms with E-state index in [-0.39, 0.29) is 38.7 Å². The maximum atomic E-state index is 11.4. The molecular formula is C44H75NO4Si2. The highest BCUT2D eigenvalue weighted by molar-refractivity contribution is 6.74. The van der Waals surface area contributed by atoms with Crippen LogP contribution in [0.15, 0.2) is 52.6 Å². The third-order valence-corrected chi connectivity index (χ3v) is 23.8. The Bertz CT molecular complexity index is 1440. The third-order valence-electron chi connectivity index (χ3n) is 14.8. The molecule has 5 nitrogen and oxygen atoms in total. The first kappa shape index (κ1) is 40.9. The van der Waals surface area contributed by atoms with Crippen LogP contribution >= 0.6 is 0 Å². The van der Waals surface area contributed by atoms with Crippen molar-refractivity contribution in [2.75, 3.05) is 6.61 Å². The number of aliphatic hydroxyl groups excluding tert-OH is 1. The largest absolute Gasteiger partial charge is 0.478 e. The molecule has 0 spiro atoms. The van der Waals surface area contributed by atoms with Gasteiger partial charge in [-0.15, -0.1) is 0 Å². The van der Waals surface area contributed by atoms with Crippen molar-refractivity contribution in [3.8, 4) is 0 Å². The molecule has 7 heteroatoms. The van der Waals surface area contributed by atoms with Crippen LogP contribution in [0.25, 0.3) is 0 Å². The summed E-state index contributed by atoms with van der Waals surface area (Å²) < 4.78 is 20.2. The summed E-state index contributed by atoms with van der Waals surface area (Å²) in [6.07, 6.45) is 18.8. The lowest BCUT2D eigenvalue weighted by Gasteiger charge is -2.45. The van der Waals surface area contributed by atoms with Crippen molar-refractivity contribution >= 4 is 22.5 Å². The Morgan fingerprint density at radius 3 is 2.12 bits per heavy atom. The van der Waals surface area contributed by atoms with Crippen LogP contribution < -0.4 is 0 Å². The van der Waals surface area contributed by atoms with E-state index < -0.39 is 22.7 Å². The Morgan fingerprint density at radius 2 is 1.55 bits per heavy atom. The second kappa shape index (κ2) is 14.1. The summed E-state index contributed by atoms with van der Waals surface area (Å²) in [5.41, 5.74) is 3.87. The summed E-state index contributed by atoms with van der Waals surface area (Å²) in [7, 11) is -3.96. The first-order chi connectivity index (χ1) is 23.3. The second-order valence-corrected chi connectivity index (χ2v) is 30.7. The minimum Gasteiger partial charge on any atom is -0.478 e. The normalized spacial score (nSPS) is 34.1. The quantitative estimate of drug-likeness (QED) is 0.179. The van der Waals surface area contributed by atoms with Crippen molar-refractivity contribution in [1.82, 2.24) is 0 Å². The zero-order chi connectivity index (χ0) is 38.0. The van der Waals surface area contributed by atoms with Gasteiger partial charge in [-0.1, -0.05) is 91.8 Å². The molecule has 0 unspecified atom stereocenters. The second-order valence-electron chi connectivity index (χ2n) is 21.2. The maximum absolute atomic E-state index is 11.4. The van der Waals surface area contributed by atoms with Crippen molar-refractivity contribution in [2.24, 2.45) is 33.6 Å². The standard InChI is InChI=1S/C44H75NO4Si2/c1-30(18-23-38(46)44(25-26-44)39-45-42(9,10)29-47-39)35-21-22-36-32(17-16-24-43(35,36)11)19-20-33-27-34(48-50(12,13)40(3,4)5)28-37(31(33)2)49-51(14,15)41(6,7)8/h18-20,23,30,34-38,46H,2,16-17,21-22,24-29H2,1,3-15H3/t30-,34-,35-,36+,37+,38+,43-/m1/s1. The number of nitrogens with zero attached hydrogens (tertiary/aromatic N) is 1. The van der Waals surface area contributed by atoms with Crippen molar-refractivity contribution in [2.45, 2.75) is 187 Å². The predicted molar refractivity (Wildman–Crippen MR) is 220 cm³/mol. The molecule has 4 fully saturated rings. The van der Waals surface area contributed by atoms with E-state index in [2.05, 4.69) is 120 Å². The molecule has 0 saturated heterocycles. The Balaban J connectivity index is 1.34. The molecule has 4 aliphatic carbocycles. The monoisotopic (exact) mass is 738 g/mol. The van der Waals surface area contributed by atoms with Crippen molar-refractivity contribution in [3.63, 3.8) is 0 Å². The van der Waals surface area contributed by atoms with Gasteiger partial charge >= 0.3 is 0 Å². The highest BCUT2D eigenvalue weighted by atomic mass is 28.4. The van der Waals surface area contributed by atoms with E-state index in [0.29, 0.717) is 24.4 Å². The van der Waals surface area contributed by atoms with Crippen LogP contribution in [0.2, 0.25) is 36.3 Å². The van der Waals surface area contributed by atoms with Gasteiger partial charge in [0.05, 0.1) is 29.3 Å². The summed E-state index contributed by atoms with van der Waals surface area (Å²) in [4.78, 5) is 4.84. The van der Waals surface area contributed by atoms with E-state index in [0.717, 1.165) is 37.2 Å². The number of rotatable bonds is 10. The van der Waals surface area contributed by atoms with Gasteiger partial charge in [0.25, 0.3) is 0 Å². The van der Waals surface area contributed by atoms with E-state index in [1.54, 1.807) is 5.57 Å².